The fourth-order valence-corrected chi connectivity index (χ4v) is 6.03. The highest BCUT2D eigenvalue weighted by Crippen LogP contribution is 2.32. The van der Waals surface area contributed by atoms with E-state index in [2.05, 4.69) is 43.3 Å². The summed E-state index contributed by atoms with van der Waals surface area (Å²) in [6.45, 7) is 1.88. The second-order valence-corrected chi connectivity index (χ2v) is 11.6. The predicted octanol–water partition coefficient (Wildman–Crippen LogP) is 6.43. The molecule has 10 heteroatoms. The Bertz CT molecular complexity index is 1660. The van der Waals surface area contributed by atoms with Crippen molar-refractivity contribution in [3.05, 3.63) is 106 Å². The molecule has 0 radical (unpaired) electrons. The Hall–Kier alpha value is -3.59. The molecule has 0 spiro atoms. The Morgan fingerprint density at radius 3 is 2.49 bits per heavy atom. The number of aromatic nitrogens is 2. The van der Waals surface area contributed by atoms with Gasteiger partial charge in [-0.15, -0.1) is 0 Å². The standard InChI is InChI=1S/C29H26Cl2N4O3S/c1-2-3-4-6-20-9-11-21(12-10-20)15-28-32-27(25-14-13-22(30)16-26(25)31)18-34(28)23-7-5-8-24(17-23)35-19-29(36)33-39(35,37)38/h4-14,16-18H,2-3,15,19H2,1H3,(H,33,36). The van der Waals surface area contributed by atoms with Crippen LogP contribution in [-0.4, -0.2) is 30.4 Å². The number of carbonyl (C=O) groups excluding carboxylic acids is 1. The first-order valence-corrected chi connectivity index (χ1v) is 14.7. The summed E-state index contributed by atoms with van der Waals surface area (Å²) < 4.78 is 29.9. The van der Waals surface area contributed by atoms with Gasteiger partial charge in [-0.1, -0.05) is 79.0 Å². The van der Waals surface area contributed by atoms with E-state index in [0.717, 1.165) is 39.7 Å². The van der Waals surface area contributed by atoms with Gasteiger partial charge in [0.05, 0.1) is 16.4 Å². The molecule has 7 nitrogen and oxygen atoms in total. The third-order valence-electron chi connectivity index (χ3n) is 6.31. The predicted molar refractivity (Wildman–Crippen MR) is 157 cm³/mol. The van der Waals surface area contributed by atoms with E-state index in [1.807, 2.05) is 27.6 Å². The number of halogens is 2. The summed E-state index contributed by atoms with van der Waals surface area (Å²) in [5, 5.41) is 1.00. The van der Waals surface area contributed by atoms with E-state index in [-0.39, 0.29) is 6.54 Å². The topological polar surface area (TPSA) is 84.3 Å². The lowest BCUT2D eigenvalue weighted by Gasteiger charge is -2.16. The van der Waals surface area contributed by atoms with Crippen molar-refractivity contribution in [2.24, 2.45) is 0 Å². The number of allylic oxidation sites excluding steroid dienone is 1. The smallest absolute Gasteiger partial charge is 0.303 e. The van der Waals surface area contributed by atoms with Crippen LogP contribution in [0.5, 0.6) is 0 Å². The molecule has 2 heterocycles. The van der Waals surface area contributed by atoms with Gasteiger partial charge in [0.2, 0.25) is 0 Å². The van der Waals surface area contributed by atoms with Crippen molar-refractivity contribution in [3.8, 4) is 16.9 Å². The average Bonchev–Trinajstić information content (AvgIpc) is 3.44. The van der Waals surface area contributed by atoms with Gasteiger partial charge in [-0.05, 0) is 53.9 Å². The molecule has 1 amide bonds. The van der Waals surface area contributed by atoms with Gasteiger partial charge in [0.25, 0.3) is 5.91 Å². The lowest BCUT2D eigenvalue weighted by Crippen LogP contribution is -2.29. The molecule has 1 saturated heterocycles. The molecule has 0 atom stereocenters. The minimum Gasteiger partial charge on any atom is -0.303 e. The third kappa shape index (κ3) is 6.03. The zero-order chi connectivity index (χ0) is 27.6. The van der Waals surface area contributed by atoms with Gasteiger partial charge in [-0.2, -0.15) is 8.42 Å². The zero-order valence-electron chi connectivity index (χ0n) is 21.1. The van der Waals surface area contributed by atoms with E-state index in [9.17, 15) is 13.2 Å². The number of rotatable bonds is 8. The highest BCUT2D eigenvalue weighted by molar-refractivity contribution is 7.92. The highest BCUT2D eigenvalue weighted by atomic mass is 35.5. The molecule has 1 N–H and O–H groups in total. The number of amides is 1. The Labute approximate surface area is 237 Å². The molecule has 1 aromatic heterocycles. The highest BCUT2D eigenvalue weighted by Gasteiger charge is 2.34. The summed E-state index contributed by atoms with van der Waals surface area (Å²) in [7, 11) is -3.93. The van der Waals surface area contributed by atoms with Crippen LogP contribution >= 0.6 is 23.2 Å². The van der Waals surface area contributed by atoms with Gasteiger partial charge in [0.15, 0.2) is 0 Å². The number of hydrogen-bond acceptors (Lipinski definition) is 4. The van der Waals surface area contributed by atoms with Crippen LogP contribution in [0.3, 0.4) is 0 Å². The number of nitrogens with zero attached hydrogens (tertiary/aromatic N) is 3. The van der Waals surface area contributed by atoms with Gasteiger partial charge >= 0.3 is 10.2 Å². The molecular formula is C29H26Cl2N4O3S. The SMILES string of the molecule is CCCC=Cc1ccc(Cc2nc(-c3ccc(Cl)cc3Cl)cn2-c2cccc(N3CC(=O)NS3(=O)=O)c2)cc1. The van der Waals surface area contributed by atoms with E-state index >= 15 is 0 Å². The molecule has 4 aromatic rings. The lowest BCUT2D eigenvalue weighted by atomic mass is 10.1. The van der Waals surface area contributed by atoms with Gasteiger partial charge < -0.3 is 4.57 Å². The van der Waals surface area contributed by atoms with E-state index in [1.54, 1.807) is 30.3 Å². The van der Waals surface area contributed by atoms with Crippen molar-refractivity contribution in [2.75, 3.05) is 10.8 Å². The van der Waals surface area contributed by atoms with Crippen LogP contribution in [0.15, 0.2) is 79.0 Å². The molecule has 1 aliphatic rings. The fourth-order valence-electron chi connectivity index (χ4n) is 4.38. The van der Waals surface area contributed by atoms with Crippen LogP contribution < -0.4 is 9.03 Å². The quantitative estimate of drug-likeness (QED) is 0.260. The molecule has 0 saturated carbocycles. The van der Waals surface area contributed by atoms with Crippen LogP contribution in [0, 0.1) is 0 Å². The second kappa shape index (κ2) is 11.3. The number of benzene rings is 3. The molecule has 200 valence electrons. The van der Waals surface area contributed by atoms with Crippen molar-refractivity contribution < 1.29 is 13.2 Å². The van der Waals surface area contributed by atoms with Gasteiger partial charge in [-0.3, -0.25) is 4.79 Å². The van der Waals surface area contributed by atoms with Crippen molar-refractivity contribution >= 4 is 51.1 Å². The summed E-state index contributed by atoms with van der Waals surface area (Å²) in [5.41, 5.74) is 4.65. The molecule has 1 aliphatic heterocycles. The molecule has 1 fully saturated rings. The maximum atomic E-state index is 12.4. The first kappa shape index (κ1) is 27.0. The molecule has 5 rings (SSSR count). The van der Waals surface area contributed by atoms with Crippen LogP contribution in [-0.2, 0) is 21.4 Å². The maximum absolute atomic E-state index is 12.4. The first-order valence-electron chi connectivity index (χ1n) is 12.5. The monoisotopic (exact) mass is 580 g/mol. The van der Waals surface area contributed by atoms with Crippen molar-refractivity contribution in [1.29, 1.82) is 0 Å². The van der Waals surface area contributed by atoms with Gasteiger partial charge in [0, 0.05) is 28.9 Å². The first-order chi connectivity index (χ1) is 18.7. The van der Waals surface area contributed by atoms with Crippen LogP contribution in [0.2, 0.25) is 10.0 Å². The summed E-state index contributed by atoms with van der Waals surface area (Å²) in [6, 6.07) is 20.5. The van der Waals surface area contributed by atoms with Crippen LogP contribution in [0.25, 0.3) is 23.0 Å². The Morgan fingerprint density at radius 2 is 1.79 bits per heavy atom. The van der Waals surface area contributed by atoms with E-state index in [0.29, 0.717) is 33.5 Å². The number of anilines is 1. The molecular weight excluding hydrogens is 555 g/mol. The Morgan fingerprint density at radius 1 is 1.03 bits per heavy atom. The number of nitrogens with one attached hydrogen (secondary N) is 1. The lowest BCUT2D eigenvalue weighted by molar-refractivity contribution is -0.117. The summed E-state index contributed by atoms with van der Waals surface area (Å²) in [4.78, 5) is 16.7. The number of hydrogen-bond donors (Lipinski definition) is 1. The zero-order valence-corrected chi connectivity index (χ0v) is 23.5. The summed E-state index contributed by atoms with van der Waals surface area (Å²) in [6.07, 6.45) is 8.82. The number of carbonyl (C=O) groups is 1. The Kier molecular flexibility index (Phi) is 7.79. The molecule has 39 heavy (non-hydrogen) atoms. The molecule has 0 unspecified atom stereocenters. The summed E-state index contributed by atoms with van der Waals surface area (Å²) >= 11 is 12.6. The largest absolute Gasteiger partial charge is 0.326 e. The van der Waals surface area contributed by atoms with Gasteiger partial charge in [0.1, 0.15) is 12.4 Å². The van der Waals surface area contributed by atoms with Crippen LogP contribution in [0.4, 0.5) is 5.69 Å². The number of imidazole rings is 1. The fraction of sp³-hybridized carbons (Fsp3) is 0.172. The second-order valence-electron chi connectivity index (χ2n) is 9.20. The van der Waals surface area contributed by atoms with E-state index in [4.69, 9.17) is 28.2 Å². The average molecular weight is 582 g/mol. The molecule has 3 aromatic carbocycles. The normalized spacial score (nSPS) is 14.7. The van der Waals surface area contributed by atoms with E-state index in [1.165, 1.54) is 0 Å². The number of unbranched alkanes of at least 4 members (excludes halogenated alkanes) is 1. The Balaban J connectivity index is 1.54. The maximum Gasteiger partial charge on any atom is 0.326 e. The molecule has 0 bridgehead atoms. The van der Waals surface area contributed by atoms with Gasteiger partial charge in [-0.25, -0.2) is 14.0 Å². The third-order valence-corrected chi connectivity index (χ3v) is 8.26. The van der Waals surface area contributed by atoms with Crippen molar-refractivity contribution in [1.82, 2.24) is 14.3 Å². The van der Waals surface area contributed by atoms with E-state index < -0.39 is 16.1 Å². The minimum atomic E-state index is -3.93. The van der Waals surface area contributed by atoms with Crippen LogP contribution in [0.1, 0.15) is 36.7 Å². The molecule has 0 aliphatic carbocycles. The van der Waals surface area contributed by atoms with Crippen molar-refractivity contribution in [3.63, 3.8) is 0 Å². The summed E-state index contributed by atoms with van der Waals surface area (Å²) in [5.74, 6) is 0.164. The minimum absolute atomic E-state index is 0.271. The van der Waals surface area contributed by atoms with Crippen molar-refractivity contribution in [2.45, 2.75) is 26.2 Å².